The van der Waals surface area contributed by atoms with Crippen LogP contribution in [0.4, 0.5) is 28.4 Å². The number of anilines is 1. The summed E-state index contributed by atoms with van der Waals surface area (Å²) in [5, 5.41) is -0.709. The zero-order valence-electron chi connectivity index (χ0n) is 21.9. The molecule has 1 aromatic carbocycles. The van der Waals surface area contributed by atoms with Crippen LogP contribution in [-0.4, -0.2) is 44.6 Å². The molecule has 2 N–H and O–H groups in total. The average molecular weight is 530 g/mol. The number of nitrogen functional groups attached to an aromatic ring is 1. The molecule has 0 unspecified atom stereocenters. The molecule has 2 aliphatic rings. The van der Waals surface area contributed by atoms with E-state index in [1.807, 2.05) is 0 Å². The summed E-state index contributed by atoms with van der Waals surface area (Å²) in [5.74, 6) is -3.62. The van der Waals surface area contributed by atoms with E-state index in [4.69, 9.17) is 15.2 Å². The molecule has 2 atom stereocenters. The van der Waals surface area contributed by atoms with Crippen molar-refractivity contribution in [3.63, 3.8) is 0 Å². The van der Waals surface area contributed by atoms with Gasteiger partial charge in [0.05, 0.1) is 5.54 Å². The molecule has 7 nitrogen and oxygen atoms in total. The SMILES string of the molecule is C[C@H]1SC(N(C(=O)OC(C)(C)C)C(=O)OC(C)(C)C)=N[C@](C)(c2cc(N)ccc2F)C12CC(F)(F)C2. The maximum absolute atomic E-state index is 15.2. The number of benzene rings is 1. The number of amides is 2. The van der Waals surface area contributed by atoms with Gasteiger partial charge in [-0.25, -0.2) is 27.8 Å². The molecule has 0 bridgehead atoms. The number of alkyl halides is 2. The van der Waals surface area contributed by atoms with Gasteiger partial charge in [0, 0.05) is 34.8 Å². The van der Waals surface area contributed by atoms with E-state index in [1.54, 1.807) is 55.4 Å². The molecule has 200 valence electrons. The monoisotopic (exact) mass is 529 g/mol. The van der Waals surface area contributed by atoms with Crippen LogP contribution in [0.15, 0.2) is 23.2 Å². The van der Waals surface area contributed by atoms with Crippen LogP contribution in [0.3, 0.4) is 0 Å². The van der Waals surface area contributed by atoms with E-state index in [0.717, 1.165) is 17.8 Å². The van der Waals surface area contributed by atoms with Crippen LogP contribution in [-0.2, 0) is 15.0 Å². The lowest BCUT2D eigenvalue weighted by Crippen LogP contribution is -2.64. The summed E-state index contributed by atoms with van der Waals surface area (Å²) in [5.41, 5.74) is 1.53. The number of hydrogen-bond donors (Lipinski definition) is 1. The highest BCUT2D eigenvalue weighted by Gasteiger charge is 2.70. The third-order valence-corrected chi connectivity index (χ3v) is 7.64. The van der Waals surface area contributed by atoms with Gasteiger partial charge in [-0.05, 0) is 66.7 Å². The van der Waals surface area contributed by atoms with E-state index in [-0.39, 0.29) is 16.4 Å². The Bertz CT molecular complexity index is 1060. The van der Waals surface area contributed by atoms with Gasteiger partial charge in [-0.3, -0.25) is 0 Å². The fourth-order valence-corrected chi connectivity index (χ4v) is 6.12. The van der Waals surface area contributed by atoms with Crippen molar-refractivity contribution in [2.75, 3.05) is 5.73 Å². The van der Waals surface area contributed by atoms with Crippen LogP contribution in [0.1, 0.15) is 73.8 Å². The molecule has 36 heavy (non-hydrogen) atoms. The fraction of sp³-hybridized carbons (Fsp3) is 0.640. The van der Waals surface area contributed by atoms with E-state index in [0.29, 0.717) is 4.90 Å². The predicted molar refractivity (Wildman–Crippen MR) is 134 cm³/mol. The lowest BCUT2D eigenvalue weighted by Gasteiger charge is -2.60. The molecule has 1 aliphatic heterocycles. The molecule has 1 spiro atoms. The molecule has 1 fully saturated rings. The van der Waals surface area contributed by atoms with Crippen LogP contribution < -0.4 is 5.73 Å². The molecule has 1 heterocycles. The highest BCUT2D eigenvalue weighted by molar-refractivity contribution is 8.14. The Hall–Kier alpha value is -2.43. The Morgan fingerprint density at radius 3 is 2.03 bits per heavy atom. The number of halogens is 3. The van der Waals surface area contributed by atoms with Gasteiger partial charge < -0.3 is 15.2 Å². The van der Waals surface area contributed by atoms with Crippen LogP contribution in [0.5, 0.6) is 0 Å². The lowest BCUT2D eigenvalue weighted by atomic mass is 9.52. The van der Waals surface area contributed by atoms with Gasteiger partial charge in [0.1, 0.15) is 17.0 Å². The summed E-state index contributed by atoms with van der Waals surface area (Å²) in [6.07, 6.45) is -3.15. The Morgan fingerprint density at radius 2 is 1.58 bits per heavy atom. The van der Waals surface area contributed by atoms with Gasteiger partial charge >= 0.3 is 12.2 Å². The number of thioether (sulfide) groups is 1. The summed E-state index contributed by atoms with van der Waals surface area (Å²) in [4.78, 5) is 31.7. The van der Waals surface area contributed by atoms with Crippen molar-refractivity contribution < 1.29 is 32.2 Å². The summed E-state index contributed by atoms with van der Waals surface area (Å²) in [7, 11) is 0. The molecule has 0 aromatic heterocycles. The summed E-state index contributed by atoms with van der Waals surface area (Å²) < 4.78 is 54.7. The smallest absolute Gasteiger partial charge is 0.426 e. The minimum atomic E-state index is -2.95. The average Bonchev–Trinajstić information content (AvgIpc) is 2.63. The minimum absolute atomic E-state index is 0.0102. The second-order valence-corrected chi connectivity index (χ2v) is 12.9. The topological polar surface area (TPSA) is 94.2 Å². The zero-order chi connectivity index (χ0) is 27.5. The number of rotatable bonds is 1. The third-order valence-electron chi connectivity index (χ3n) is 6.36. The Labute approximate surface area is 214 Å². The summed E-state index contributed by atoms with van der Waals surface area (Å²) in [6.45, 7) is 13.0. The molecule has 2 amide bonds. The molecule has 1 aliphatic carbocycles. The number of imide groups is 1. The van der Waals surface area contributed by atoms with Crippen molar-refractivity contribution in [3.8, 4) is 0 Å². The van der Waals surface area contributed by atoms with Crippen molar-refractivity contribution in [1.29, 1.82) is 0 Å². The van der Waals surface area contributed by atoms with Gasteiger partial charge in [0.15, 0.2) is 5.17 Å². The third kappa shape index (κ3) is 5.31. The molecular formula is C25H34F3N3O4S. The first kappa shape index (κ1) is 28.1. The number of ether oxygens (including phenoxy) is 2. The molecule has 0 saturated heterocycles. The summed E-state index contributed by atoms with van der Waals surface area (Å²) in [6, 6.07) is 3.88. The largest absolute Gasteiger partial charge is 0.443 e. The molecule has 1 aromatic rings. The van der Waals surface area contributed by atoms with Gasteiger partial charge in [-0.15, -0.1) is 0 Å². The van der Waals surface area contributed by atoms with Gasteiger partial charge in [0.25, 0.3) is 0 Å². The summed E-state index contributed by atoms with van der Waals surface area (Å²) >= 11 is 0.981. The second kappa shape index (κ2) is 8.85. The first-order valence-corrected chi connectivity index (χ1v) is 12.5. The maximum atomic E-state index is 15.2. The number of aliphatic imine (C=N–C) groups is 1. The minimum Gasteiger partial charge on any atom is -0.443 e. The normalized spacial score (nSPS) is 25.0. The predicted octanol–water partition coefficient (Wildman–Crippen LogP) is 6.70. The number of nitrogens with two attached hydrogens (primary N) is 1. The second-order valence-electron chi connectivity index (χ2n) is 11.6. The van der Waals surface area contributed by atoms with Crippen LogP contribution in [0.2, 0.25) is 0 Å². The van der Waals surface area contributed by atoms with Gasteiger partial charge in [-0.2, -0.15) is 4.90 Å². The molecular weight excluding hydrogens is 495 g/mol. The van der Waals surface area contributed by atoms with E-state index < -0.39 is 64.2 Å². The van der Waals surface area contributed by atoms with Crippen molar-refractivity contribution in [2.24, 2.45) is 10.4 Å². The first-order valence-electron chi connectivity index (χ1n) is 11.7. The molecule has 11 heteroatoms. The number of carbonyl (C=O) groups excluding carboxylic acids is 2. The van der Waals surface area contributed by atoms with Gasteiger partial charge in [-0.1, -0.05) is 18.7 Å². The van der Waals surface area contributed by atoms with Crippen LogP contribution in [0.25, 0.3) is 0 Å². The highest BCUT2D eigenvalue weighted by Crippen LogP contribution is 2.68. The van der Waals surface area contributed by atoms with E-state index in [2.05, 4.69) is 4.99 Å². The standard InChI is InChI=1S/C25H34F3N3O4S/c1-14-24(12-25(27,28)13-24)23(8,16-11-15(29)9-10-17(16)26)30-18(36-14)31(19(32)34-21(2,3)4)20(33)35-22(5,6)7/h9-11,14H,12-13,29H2,1-8H3/t14-,23-/m1/s1. The Balaban J connectivity index is 2.22. The van der Waals surface area contributed by atoms with E-state index in [1.165, 1.54) is 12.1 Å². The number of hydrogen-bond acceptors (Lipinski definition) is 7. The Morgan fingerprint density at radius 1 is 1.08 bits per heavy atom. The Kier molecular flexibility index (Phi) is 6.92. The number of carbonyl (C=O) groups is 2. The van der Waals surface area contributed by atoms with Gasteiger partial charge in [0.2, 0.25) is 5.92 Å². The van der Waals surface area contributed by atoms with Crippen molar-refractivity contribution >= 4 is 34.8 Å². The quantitative estimate of drug-likeness (QED) is 0.407. The van der Waals surface area contributed by atoms with Crippen molar-refractivity contribution in [3.05, 3.63) is 29.6 Å². The molecule has 3 rings (SSSR count). The van der Waals surface area contributed by atoms with E-state index >= 15 is 4.39 Å². The highest BCUT2D eigenvalue weighted by atomic mass is 32.2. The number of amidine groups is 1. The van der Waals surface area contributed by atoms with Crippen LogP contribution >= 0.6 is 11.8 Å². The first-order chi connectivity index (χ1) is 16.2. The lowest BCUT2D eigenvalue weighted by molar-refractivity contribution is -0.188. The van der Waals surface area contributed by atoms with Crippen LogP contribution in [0, 0.1) is 11.2 Å². The molecule has 1 saturated carbocycles. The zero-order valence-corrected chi connectivity index (χ0v) is 22.7. The molecule has 0 radical (unpaired) electrons. The van der Waals surface area contributed by atoms with Crippen molar-refractivity contribution in [1.82, 2.24) is 4.90 Å². The van der Waals surface area contributed by atoms with E-state index in [9.17, 15) is 18.4 Å². The number of nitrogens with zero attached hydrogens (tertiary/aromatic N) is 2. The maximum Gasteiger partial charge on any atom is 0.426 e. The fourth-order valence-electron chi connectivity index (χ4n) is 4.69. The van der Waals surface area contributed by atoms with Crippen molar-refractivity contribution in [2.45, 2.75) is 96.1 Å².